The number of hydrazine groups is 1. The van der Waals surface area contributed by atoms with Crippen LogP contribution in [0.25, 0.3) is 0 Å². The predicted octanol–water partition coefficient (Wildman–Crippen LogP) is 5.94. The molecule has 0 aliphatic carbocycles. The fraction of sp³-hybridized carbons (Fsp3) is 0.667. The summed E-state index contributed by atoms with van der Waals surface area (Å²) in [6.07, 6.45) is 8.89. The van der Waals surface area contributed by atoms with E-state index < -0.39 is 0 Å². The van der Waals surface area contributed by atoms with Gasteiger partial charge in [-0.3, -0.25) is 5.01 Å². The summed E-state index contributed by atoms with van der Waals surface area (Å²) in [6.45, 7) is 13.7. The molecule has 0 atom stereocenters. The van der Waals surface area contributed by atoms with Gasteiger partial charge in [-0.05, 0) is 69.6 Å². The molecule has 27 heavy (non-hydrogen) atoms. The summed E-state index contributed by atoms with van der Waals surface area (Å²) in [5.41, 5.74) is 7.29. The molecular formula is C24H39N3. The molecule has 0 fully saturated rings. The number of rotatable bonds is 6. The summed E-state index contributed by atoms with van der Waals surface area (Å²) >= 11 is 0. The quantitative estimate of drug-likeness (QED) is 0.614. The molecule has 0 N–H and O–H groups in total. The summed E-state index contributed by atoms with van der Waals surface area (Å²) in [5.74, 6) is 1.51. The van der Waals surface area contributed by atoms with Crippen LogP contribution < -0.4 is 4.90 Å². The van der Waals surface area contributed by atoms with Crippen LogP contribution in [0.5, 0.6) is 0 Å². The van der Waals surface area contributed by atoms with Crippen LogP contribution in [0.15, 0.2) is 23.5 Å². The predicted molar refractivity (Wildman–Crippen MR) is 117 cm³/mol. The van der Waals surface area contributed by atoms with Crippen LogP contribution in [0.1, 0.15) is 75.5 Å². The Balaban J connectivity index is 2.07. The van der Waals surface area contributed by atoms with Crippen molar-refractivity contribution in [1.29, 1.82) is 0 Å². The van der Waals surface area contributed by atoms with E-state index in [9.17, 15) is 0 Å². The van der Waals surface area contributed by atoms with Crippen LogP contribution in [0.2, 0.25) is 0 Å². The highest BCUT2D eigenvalue weighted by Gasteiger charge is 2.37. The number of anilines is 1. The smallest absolute Gasteiger partial charge is 0.124 e. The van der Waals surface area contributed by atoms with E-state index in [1.54, 1.807) is 5.57 Å². The number of benzene rings is 1. The Morgan fingerprint density at radius 2 is 1.59 bits per heavy atom. The fourth-order valence-electron chi connectivity index (χ4n) is 5.29. The van der Waals surface area contributed by atoms with Gasteiger partial charge >= 0.3 is 0 Å². The maximum atomic E-state index is 2.67. The molecule has 3 heteroatoms. The molecule has 0 radical (unpaired) electrons. The van der Waals surface area contributed by atoms with Crippen molar-refractivity contribution in [1.82, 2.24) is 10.0 Å². The van der Waals surface area contributed by atoms with Crippen molar-refractivity contribution in [3.05, 3.63) is 40.2 Å². The SMILES string of the molecule is CCCC(CCC)N1C2=C(CCCCN2c2c(C)cc(C)cc2C)CN1C. The van der Waals surface area contributed by atoms with E-state index in [1.807, 2.05) is 0 Å². The number of likely N-dealkylation sites (N-methyl/N-ethyl adjacent to an activating group) is 1. The van der Waals surface area contributed by atoms with Crippen LogP contribution >= 0.6 is 0 Å². The third-order valence-corrected chi connectivity index (χ3v) is 6.18. The highest BCUT2D eigenvalue weighted by molar-refractivity contribution is 5.64. The normalized spacial score (nSPS) is 18.5. The molecule has 1 aromatic rings. The Hall–Kier alpha value is -1.48. The summed E-state index contributed by atoms with van der Waals surface area (Å²) in [5, 5.41) is 5.17. The van der Waals surface area contributed by atoms with E-state index in [4.69, 9.17) is 0 Å². The molecular weight excluding hydrogens is 330 g/mol. The zero-order chi connectivity index (χ0) is 19.6. The molecule has 0 saturated heterocycles. The molecule has 0 amide bonds. The van der Waals surface area contributed by atoms with E-state index >= 15 is 0 Å². The Morgan fingerprint density at radius 1 is 0.963 bits per heavy atom. The Kier molecular flexibility index (Phi) is 6.52. The maximum Gasteiger partial charge on any atom is 0.124 e. The maximum absolute atomic E-state index is 2.67. The molecule has 0 spiro atoms. The van der Waals surface area contributed by atoms with Gasteiger partial charge in [-0.2, -0.15) is 0 Å². The van der Waals surface area contributed by atoms with Crippen molar-refractivity contribution in [2.45, 2.75) is 85.6 Å². The minimum atomic E-state index is 0.615. The van der Waals surface area contributed by atoms with Crippen LogP contribution in [-0.2, 0) is 0 Å². The summed E-state index contributed by atoms with van der Waals surface area (Å²) in [4.78, 5) is 2.67. The van der Waals surface area contributed by atoms with Gasteiger partial charge in [0, 0.05) is 31.9 Å². The molecule has 0 aromatic heterocycles. The minimum Gasteiger partial charge on any atom is -0.326 e. The fourth-order valence-corrected chi connectivity index (χ4v) is 5.29. The van der Waals surface area contributed by atoms with Gasteiger partial charge in [0.15, 0.2) is 0 Å². The second kappa shape index (κ2) is 8.68. The Labute approximate surface area is 167 Å². The van der Waals surface area contributed by atoms with E-state index in [-0.39, 0.29) is 0 Å². The van der Waals surface area contributed by atoms with E-state index in [0.717, 1.165) is 13.1 Å². The Morgan fingerprint density at radius 3 is 2.19 bits per heavy atom. The lowest BCUT2D eigenvalue weighted by Crippen LogP contribution is -2.47. The minimum absolute atomic E-state index is 0.615. The molecule has 3 rings (SSSR count). The first-order valence-electron chi connectivity index (χ1n) is 11.1. The average Bonchev–Trinajstić information content (AvgIpc) is 2.79. The second-order valence-electron chi connectivity index (χ2n) is 8.67. The summed E-state index contributed by atoms with van der Waals surface area (Å²) < 4.78 is 0. The van der Waals surface area contributed by atoms with Crippen molar-refractivity contribution in [2.24, 2.45) is 0 Å². The molecule has 0 saturated carbocycles. The Bertz CT molecular complexity index is 662. The lowest BCUT2D eigenvalue weighted by atomic mass is 10.0. The van der Waals surface area contributed by atoms with Gasteiger partial charge in [-0.15, -0.1) is 0 Å². The summed E-state index contributed by atoms with van der Waals surface area (Å²) in [6, 6.07) is 5.32. The first-order valence-corrected chi connectivity index (χ1v) is 11.1. The summed E-state index contributed by atoms with van der Waals surface area (Å²) in [7, 11) is 2.29. The standard InChI is InChI=1S/C24H39N3/c1-7-11-22(12-8-2)27-24-21(17-25(27)6)13-9-10-14-26(24)23-19(4)15-18(3)16-20(23)5/h15-16,22H,7-14,17H2,1-6H3. The molecule has 0 bridgehead atoms. The van der Waals surface area contributed by atoms with Gasteiger partial charge in [-0.1, -0.05) is 44.4 Å². The van der Waals surface area contributed by atoms with Crippen molar-refractivity contribution < 1.29 is 0 Å². The molecule has 150 valence electrons. The first-order chi connectivity index (χ1) is 13.0. The van der Waals surface area contributed by atoms with Crippen molar-refractivity contribution in [3.8, 4) is 0 Å². The number of hydrogen-bond donors (Lipinski definition) is 0. The number of nitrogens with zero attached hydrogens (tertiary/aromatic N) is 3. The van der Waals surface area contributed by atoms with Gasteiger partial charge in [-0.25, -0.2) is 5.01 Å². The highest BCUT2D eigenvalue weighted by Crippen LogP contribution is 2.40. The van der Waals surface area contributed by atoms with E-state index in [0.29, 0.717) is 6.04 Å². The van der Waals surface area contributed by atoms with Crippen LogP contribution in [-0.4, -0.2) is 36.2 Å². The highest BCUT2D eigenvalue weighted by atomic mass is 15.7. The first kappa shape index (κ1) is 20.3. The van der Waals surface area contributed by atoms with Crippen molar-refractivity contribution in [3.63, 3.8) is 0 Å². The van der Waals surface area contributed by atoms with Crippen LogP contribution in [0.3, 0.4) is 0 Å². The van der Waals surface area contributed by atoms with Gasteiger partial charge in [0.2, 0.25) is 0 Å². The largest absolute Gasteiger partial charge is 0.326 e. The van der Waals surface area contributed by atoms with Gasteiger partial charge in [0.25, 0.3) is 0 Å². The van der Waals surface area contributed by atoms with Gasteiger partial charge in [0.1, 0.15) is 5.82 Å². The number of aryl methyl sites for hydroxylation is 3. The topological polar surface area (TPSA) is 9.72 Å². The van der Waals surface area contributed by atoms with Crippen LogP contribution in [0, 0.1) is 20.8 Å². The van der Waals surface area contributed by atoms with Crippen molar-refractivity contribution in [2.75, 3.05) is 25.0 Å². The monoisotopic (exact) mass is 369 g/mol. The average molecular weight is 370 g/mol. The zero-order valence-corrected chi connectivity index (χ0v) is 18.4. The molecule has 2 aliphatic rings. The third-order valence-electron chi connectivity index (χ3n) is 6.18. The van der Waals surface area contributed by atoms with Gasteiger partial charge in [0.05, 0.1) is 0 Å². The molecule has 2 aliphatic heterocycles. The lowest BCUT2D eigenvalue weighted by molar-refractivity contribution is 0.0133. The van der Waals surface area contributed by atoms with E-state index in [2.05, 4.69) is 68.7 Å². The number of hydrogen-bond acceptors (Lipinski definition) is 3. The zero-order valence-electron chi connectivity index (χ0n) is 18.4. The lowest BCUT2D eigenvalue weighted by Gasteiger charge is -2.42. The van der Waals surface area contributed by atoms with Gasteiger partial charge < -0.3 is 4.90 Å². The van der Waals surface area contributed by atoms with Crippen LogP contribution in [0.4, 0.5) is 5.69 Å². The van der Waals surface area contributed by atoms with E-state index in [1.165, 1.54) is 73.1 Å². The molecule has 3 nitrogen and oxygen atoms in total. The molecule has 1 aromatic carbocycles. The van der Waals surface area contributed by atoms with Crippen molar-refractivity contribution >= 4 is 5.69 Å². The molecule has 0 unspecified atom stereocenters. The third kappa shape index (κ3) is 4.03. The second-order valence-corrected chi connectivity index (χ2v) is 8.67. The molecule has 2 heterocycles.